The zero-order valence-corrected chi connectivity index (χ0v) is 58.5. The third-order valence-corrected chi connectivity index (χ3v) is 27.0. The summed E-state index contributed by atoms with van der Waals surface area (Å²) in [7, 11) is 0. The lowest BCUT2D eigenvalue weighted by molar-refractivity contribution is -0.124. The van der Waals surface area contributed by atoms with Crippen LogP contribution in [-0.2, 0) is 4.79 Å². The highest BCUT2D eigenvalue weighted by Crippen LogP contribution is 2.59. The van der Waals surface area contributed by atoms with Crippen LogP contribution >= 0.6 is 55.4 Å². The van der Waals surface area contributed by atoms with Crippen LogP contribution < -0.4 is 0 Å². The quantitative estimate of drug-likeness (QED) is 0.113. The van der Waals surface area contributed by atoms with Crippen LogP contribution in [-0.4, -0.2) is 71.4 Å². The van der Waals surface area contributed by atoms with Gasteiger partial charge in [0.1, 0.15) is 33.7 Å². The molecule has 4 unspecified atom stereocenters. The Morgan fingerprint density at radius 2 is 0.885 bits per heavy atom. The fourth-order valence-electron chi connectivity index (χ4n) is 17.5. The van der Waals surface area contributed by atoms with Crippen LogP contribution in [0, 0.1) is 46.9 Å². The molecule has 5 aliphatic heterocycles. The van der Waals surface area contributed by atoms with Gasteiger partial charge in [0.15, 0.2) is 4.73 Å². The van der Waals surface area contributed by atoms with Crippen molar-refractivity contribution in [3.8, 4) is 45.0 Å². The lowest BCUT2D eigenvalue weighted by Crippen LogP contribution is -2.38. The number of benzene rings is 4. The molecule has 9 heterocycles. The predicted molar refractivity (Wildman–Crippen MR) is 370 cm³/mol. The Bertz CT molecular complexity index is 4080. The molecule has 4 aromatic carbocycles. The summed E-state index contributed by atoms with van der Waals surface area (Å²) in [6.07, 6.45) is 32.4. The second-order valence-corrected chi connectivity index (χ2v) is 32.4. The number of hydrogen-bond donors (Lipinski definition) is 0. The lowest BCUT2D eigenvalue weighted by atomic mass is 9.81. The van der Waals surface area contributed by atoms with E-state index in [0.29, 0.717) is 75.0 Å². The lowest BCUT2D eigenvalue weighted by Gasteiger charge is -2.45. The molecule has 0 bridgehead atoms. The minimum absolute atomic E-state index is 0.0548. The molecule has 96 heavy (non-hydrogen) atoms. The molecule has 5 fully saturated rings. The van der Waals surface area contributed by atoms with Gasteiger partial charge in [0.05, 0.1) is 88.6 Å². The number of thioether (sulfide) groups is 2. The van der Waals surface area contributed by atoms with E-state index < -0.39 is 53.8 Å². The van der Waals surface area contributed by atoms with Gasteiger partial charge in [-0.3, -0.25) is 4.79 Å². The topological polar surface area (TPSA) is 88.3 Å². The van der Waals surface area contributed by atoms with E-state index in [1.54, 1.807) is 64.3 Å². The van der Waals surface area contributed by atoms with Gasteiger partial charge in [0, 0.05) is 81.5 Å². The Morgan fingerprint density at radius 3 is 1.38 bits per heavy atom. The van der Waals surface area contributed by atoms with Crippen molar-refractivity contribution < 1.29 is 39.9 Å². The van der Waals surface area contributed by atoms with Gasteiger partial charge in [-0.1, -0.05) is 126 Å². The highest BCUT2D eigenvalue weighted by atomic mass is 79.9. The van der Waals surface area contributed by atoms with E-state index in [2.05, 4.69) is 86.0 Å². The minimum atomic E-state index is -2.83. The molecule has 0 amide bonds. The number of imidazole rings is 4. The molecular weight excluding hydrogens is 1400 g/mol. The Kier molecular flexibility index (Phi) is 20.2. The SMILES string of the molecule is Fc1cccc2c1C(CC(F)(F)C1CCCCC1)n1c(Br)nc(Br)c1-2.Fc1cccc2c1C(CC(F)(F)C1CCCCC1)n1cncc1-2.Fc1cccc2c1C(CC1(C3CCCCC3)SCCCS1)n1cncc1-2.O=C(CC1c2c(F)cccc2-c2cncn21)C1CCCCC1. The Balaban J connectivity index is 0.000000110. The average Bonchev–Trinajstić information content (AvgIpc) is 1.60. The first-order chi connectivity index (χ1) is 46.5. The van der Waals surface area contributed by atoms with Gasteiger partial charge < -0.3 is 18.3 Å². The molecule has 4 aliphatic carbocycles. The van der Waals surface area contributed by atoms with Crippen molar-refractivity contribution >= 4 is 61.2 Å². The number of carbonyl (C=O) groups is 1. The molecule has 0 N–H and O–H groups in total. The minimum Gasteiger partial charge on any atom is -0.323 e. The smallest absolute Gasteiger partial charge is 0.253 e. The van der Waals surface area contributed by atoms with Gasteiger partial charge in [-0.15, -0.1) is 23.5 Å². The second kappa shape index (κ2) is 28.6. The van der Waals surface area contributed by atoms with E-state index >= 15 is 8.78 Å². The number of Topliss-reactive ketones (excluding diaryl/α,β-unsaturated/α-hetero) is 1. The Labute approximate surface area is 581 Å². The summed E-state index contributed by atoms with van der Waals surface area (Å²) >= 11 is 11.1. The molecule has 8 aromatic rings. The van der Waals surface area contributed by atoms with E-state index in [1.165, 1.54) is 81.0 Å². The number of ketones is 1. The summed E-state index contributed by atoms with van der Waals surface area (Å²) in [5.74, 6) is -4.24. The average molecular weight is 1490 g/mol. The predicted octanol–water partition coefficient (Wildman–Crippen LogP) is 22.2. The second-order valence-electron chi connectivity index (χ2n) is 27.8. The Hall–Kier alpha value is -5.51. The first-order valence-electron chi connectivity index (χ1n) is 34.7. The third kappa shape index (κ3) is 13.1. The van der Waals surface area contributed by atoms with Gasteiger partial charge in [0.25, 0.3) is 11.8 Å². The molecule has 0 spiro atoms. The standard InChI is InChI=1S/C21H25FN2S2.C18H17Br2F3N2.C18H19F3N2.C18H19FN2O/c22-17-9-4-8-16-19-13-23-14-24(19)18(20(16)17)12-21(25-10-5-11-26-21)15-6-2-1-3-7-15;19-16-15-11-7-4-8-12(21)14(11)13(25(15)17(20)24-16)9-18(22,23)10-5-2-1-3-6-10;19-14-8-4-7-13-16-10-22-11-23(16)15(17(13)14)9-18(20,21)12-5-2-1-3-6-12;19-14-8-4-7-13-16-10-20-11-21(16)15(18(13)14)9-17(22)12-5-2-1-3-6-12/h4,8-9,13-15,18H,1-3,5-7,10-12H2;4,7-8,10,13H,1-3,5-6,9H2;4,7-8,10-12,15H,1-3,5-6,9H2;4,7-8,10-12,15H,1-3,5-6,9H2. The number of alkyl halides is 4. The number of halogens is 10. The highest BCUT2D eigenvalue weighted by Gasteiger charge is 2.50. The summed E-state index contributed by atoms with van der Waals surface area (Å²) < 4.78 is 127. The first-order valence-corrected chi connectivity index (χ1v) is 38.3. The molecule has 9 nitrogen and oxygen atoms in total. The number of carbonyl (C=O) groups excluding carboxylic acids is 1. The van der Waals surface area contributed by atoms with Crippen LogP contribution in [0.5, 0.6) is 0 Å². The summed E-state index contributed by atoms with van der Waals surface area (Å²) in [6, 6.07) is 18.5. The molecule has 4 atom stereocenters. The molecule has 9 aliphatic rings. The van der Waals surface area contributed by atoms with Crippen LogP contribution in [0.3, 0.4) is 0 Å². The van der Waals surface area contributed by atoms with Crippen molar-refractivity contribution in [3.63, 3.8) is 0 Å². The van der Waals surface area contributed by atoms with Gasteiger partial charge in [-0.05, 0) is 138 Å². The van der Waals surface area contributed by atoms with Crippen LogP contribution in [0.25, 0.3) is 45.0 Å². The van der Waals surface area contributed by atoms with Crippen molar-refractivity contribution in [2.75, 3.05) is 11.5 Å². The molecule has 4 aromatic heterocycles. The summed E-state index contributed by atoms with van der Waals surface area (Å²) in [5.41, 5.74) is 8.89. The van der Waals surface area contributed by atoms with Gasteiger partial charge in [-0.2, -0.15) is 0 Å². The number of fused-ring (bicyclic) bond motifs is 12. The molecule has 0 radical (unpaired) electrons. The maximum Gasteiger partial charge on any atom is 0.253 e. The van der Waals surface area contributed by atoms with Crippen molar-refractivity contribution in [3.05, 3.63) is 165 Å². The van der Waals surface area contributed by atoms with Gasteiger partial charge in [-0.25, -0.2) is 55.1 Å². The molecule has 21 heteroatoms. The van der Waals surface area contributed by atoms with Gasteiger partial charge >= 0.3 is 0 Å². The van der Waals surface area contributed by atoms with Crippen molar-refractivity contribution in [2.24, 2.45) is 23.7 Å². The van der Waals surface area contributed by atoms with Crippen LogP contribution in [0.2, 0.25) is 0 Å². The summed E-state index contributed by atoms with van der Waals surface area (Å²) in [6.45, 7) is 0. The molecular formula is C75H80Br2F8N8OS2. The maximum absolute atomic E-state index is 15.0. The molecule has 4 saturated carbocycles. The molecule has 17 rings (SSSR count). The Morgan fingerprint density at radius 1 is 0.490 bits per heavy atom. The van der Waals surface area contributed by atoms with E-state index in [4.69, 9.17) is 0 Å². The van der Waals surface area contributed by atoms with E-state index in [-0.39, 0.29) is 45.9 Å². The summed E-state index contributed by atoms with van der Waals surface area (Å²) in [5, 5.41) is 0. The zero-order chi connectivity index (χ0) is 66.5. The molecule has 508 valence electrons. The van der Waals surface area contributed by atoms with Crippen molar-refractivity contribution in [1.29, 1.82) is 0 Å². The maximum atomic E-state index is 15.0. The first kappa shape index (κ1) is 67.7. The third-order valence-electron chi connectivity index (χ3n) is 22.2. The normalized spacial score (nSPS) is 22.0. The van der Waals surface area contributed by atoms with E-state index in [1.807, 2.05) is 29.2 Å². The molecule has 1 saturated heterocycles. The number of hydrogen-bond acceptors (Lipinski definition) is 7. The van der Waals surface area contributed by atoms with Gasteiger partial charge in [0.2, 0.25) is 0 Å². The van der Waals surface area contributed by atoms with E-state index in [0.717, 1.165) is 110 Å². The number of rotatable bonds is 12. The van der Waals surface area contributed by atoms with E-state index in [9.17, 15) is 31.1 Å². The van der Waals surface area contributed by atoms with Crippen LogP contribution in [0.4, 0.5) is 35.1 Å². The number of aromatic nitrogens is 8. The van der Waals surface area contributed by atoms with Crippen molar-refractivity contribution in [2.45, 2.75) is 201 Å². The van der Waals surface area contributed by atoms with Crippen LogP contribution in [0.1, 0.15) is 207 Å². The zero-order valence-electron chi connectivity index (χ0n) is 53.7. The fraction of sp³-hybridized carbons (Fsp3) is 0.507. The van der Waals surface area contributed by atoms with Crippen molar-refractivity contribution in [1.82, 2.24) is 38.2 Å². The number of nitrogens with zero attached hydrogens (tertiary/aromatic N) is 8. The monoisotopic (exact) mass is 1480 g/mol. The summed E-state index contributed by atoms with van der Waals surface area (Å²) in [4.78, 5) is 29.5. The van der Waals surface area contributed by atoms with Crippen LogP contribution in [0.15, 0.2) is 120 Å². The largest absolute Gasteiger partial charge is 0.323 e. The highest BCUT2D eigenvalue weighted by molar-refractivity contribution is 9.11. The fourth-order valence-corrected chi connectivity index (χ4v) is 22.7.